The fourth-order valence-corrected chi connectivity index (χ4v) is 18.7. The molecule has 1 rings (SSSR count). The van der Waals surface area contributed by atoms with Crippen molar-refractivity contribution in [2.45, 2.75) is 63.0 Å². The van der Waals surface area contributed by atoms with Gasteiger partial charge in [0.05, 0.1) is 0 Å². The summed E-state index contributed by atoms with van der Waals surface area (Å²) in [7, 11) is 6.40. The van der Waals surface area contributed by atoms with Crippen LogP contribution in [-0.2, 0) is 25.6 Å². The number of hydrogen-bond acceptors (Lipinski definition) is 4. The Kier molecular flexibility index (Phi) is 8.94. The van der Waals surface area contributed by atoms with E-state index in [1.165, 1.54) is 5.56 Å². The average Bonchev–Trinajstić information content (AvgIpc) is 2.52. The van der Waals surface area contributed by atoms with Crippen molar-refractivity contribution >= 4 is 0 Å². The fraction of sp³-hybridized carbons (Fsp3) is 0.727. The maximum absolute atomic E-state index is 6.99. The van der Waals surface area contributed by atoms with Crippen molar-refractivity contribution < 1.29 is 22.6 Å². The molecule has 1 aromatic carbocycles. The van der Waals surface area contributed by atoms with Gasteiger partial charge >= 0.3 is 172 Å². The first kappa shape index (κ1) is 24.6. The van der Waals surface area contributed by atoms with Crippen molar-refractivity contribution in [3.8, 4) is 5.75 Å². The first-order valence-electron chi connectivity index (χ1n) is 10.5. The normalized spacial score (nSPS) is 12.9. The summed E-state index contributed by atoms with van der Waals surface area (Å²) in [5.41, 5.74) is 1.25. The summed E-state index contributed by atoms with van der Waals surface area (Å²) in [4.78, 5) is 4.57. The summed E-state index contributed by atoms with van der Waals surface area (Å²) in [5.74, 6) is 1.01. The van der Waals surface area contributed by atoms with Gasteiger partial charge in [0.1, 0.15) is 0 Å². The van der Waals surface area contributed by atoms with Gasteiger partial charge in [-0.15, -0.1) is 0 Å². The van der Waals surface area contributed by atoms with Crippen molar-refractivity contribution in [2.24, 2.45) is 0 Å². The predicted octanol–water partition coefficient (Wildman–Crippen LogP) is 5.52. The van der Waals surface area contributed by atoms with Gasteiger partial charge in [-0.25, -0.2) is 0 Å². The third-order valence-electron chi connectivity index (χ3n) is 5.98. The molecule has 0 amide bonds. The number of para-hydroxylation sites is 1. The molecule has 154 valence electrons. The molecule has 0 saturated heterocycles. The molecule has 0 aliphatic heterocycles. The summed E-state index contributed by atoms with van der Waals surface area (Å²) in [5, 5.41) is 0. The van der Waals surface area contributed by atoms with Crippen LogP contribution < -0.4 is 3.56 Å². The van der Waals surface area contributed by atoms with E-state index in [1.54, 1.807) is 0 Å². The number of nitrogens with zero attached hydrogens (tertiary/aromatic N) is 2. The van der Waals surface area contributed by atoms with Gasteiger partial charge in [-0.05, 0) is 0 Å². The summed E-state index contributed by atoms with van der Waals surface area (Å²) >= 11 is -3.65. The summed E-state index contributed by atoms with van der Waals surface area (Å²) in [6, 6.07) is 8.50. The predicted molar refractivity (Wildman–Crippen MR) is 113 cm³/mol. The molecule has 0 unspecified atom stereocenters. The second-order valence-electron chi connectivity index (χ2n) is 10.8. The molecule has 0 heterocycles. The van der Waals surface area contributed by atoms with E-state index in [9.17, 15) is 0 Å². The molecule has 0 aliphatic carbocycles. The van der Waals surface area contributed by atoms with E-state index in [1.807, 2.05) is 0 Å². The Labute approximate surface area is 171 Å². The van der Waals surface area contributed by atoms with Crippen LogP contribution in [0.5, 0.6) is 5.75 Å². The van der Waals surface area contributed by atoms with Crippen molar-refractivity contribution in [1.82, 2.24) is 9.80 Å². The Morgan fingerprint density at radius 3 is 1.93 bits per heavy atom. The second kappa shape index (κ2) is 9.83. The SMILES string of the molecule is CC[O][Zn]([O]c1ccccc1CN(C)CCN(C)C)([C](C)(C)C)[C](C)(C)C. The van der Waals surface area contributed by atoms with Crippen molar-refractivity contribution in [3.05, 3.63) is 29.8 Å². The van der Waals surface area contributed by atoms with Crippen LogP contribution in [0.4, 0.5) is 0 Å². The van der Waals surface area contributed by atoms with Crippen LogP contribution in [0.15, 0.2) is 24.3 Å². The Morgan fingerprint density at radius 2 is 1.44 bits per heavy atom. The molecular formula is C22H42N2O2Zn. The van der Waals surface area contributed by atoms with Crippen molar-refractivity contribution in [1.29, 1.82) is 0 Å². The summed E-state index contributed by atoms with van der Waals surface area (Å²) in [6.07, 6.45) is 0. The van der Waals surface area contributed by atoms with Crippen LogP contribution in [0.3, 0.4) is 0 Å². The molecule has 1 aromatic rings. The first-order valence-corrected chi connectivity index (χ1v) is 15.8. The molecule has 0 fully saturated rings. The number of benzene rings is 1. The van der Waals surface area contributed by atoms with Gasteiger partial charge in [-0.2, -0.15) is 0 Å². The zero-order chi connectivity index (χ0) is 20.9. The molecule has 5 heteroatoms. The fourth-order valence-electron chi connectivity index (χ4n) is 4.70. The van der Waals surface area contributed by atoms with Crippen molar-refractivity contribution in [2.75, 3.05) is 40.8 Å². The van der Waals surface area contributed by atoms with E-state index in [4.69, 9.17) is 7.13 Å². The number of hydrogen-bond donors (Lipinski definition) is 0. The van der Waals surface area contributed by atoms with Crippen LogP contribution in [-0.4, -0.2) is 50.6 Å². The third-order valence-corrected chi connectivity index (χ3v) is 21.3. The number of rotatable bonds is 9. The molecule has 0 aromatic heterocycles. The maximum atomic E-state index is 6.99. The van der Waals surface area contributed by atoms with Crippen LogP contribution in [0.25, 0.3) is 0 Å². The molecule has 0 saturated carbocycles. The topological polar surface area (TPSA) is 24.9 Å². The molecule has 27 heavy (non-hydrogen) atoms. The number of likely N-dealkylation sites (N-methyl/N-ethyl adjacent to an activating group) is 2. The summed E-state index contributed by atoms with van der Waals surface area (Å²) in [6.45, 7) is 19.5. The standard InChI is InChI=1S/C12H20N2O.2C4H9.C2H5O.Zn/c1-13(2)8-9-14(3)10-11-6-4-5-7-12(11)15;2*1-4(2)3;1-2-3;/h4-7,15H,8-10H2,1-3H3;2*1-3H3;2H2,1H3;/q;;;-1;+2/p-1. The van der Waals surface area contributed by atoms with E-state index in [-0.39, 0.29) is 8.02 Å². The molecule has 0 aliphatic rings. The van der Waals surface area contributed by atoms with Gasteiger partial charge in [0.2, 0.25) is 0 Å². The Morgan fingerprint density at radius 1 is 0.889 bits per heavy atom. The Bertz CT molecular complexity index is 562. The Balaban J connectivity index is 3.20. The molecule has 0 spiro atoms. The quantitative estimate of drug-likeness (QED) is 0.481. The van der Waals surface area contributed by atoms with Gasteiger partial charge in [0.25, 0.3) is 0 Å². The zero-order valence-electron chi connectivity index (χ0n) is 19.6. The summed E-state index contributed by atoms with van der Waals surface area (Å²) < 4.78 is 13.6. The van der Waals surface area contributed by atoms with E-state index >= 15 is 0 Å². The van der Waals surface area contributed by atoms with Gasteiger partial charge in [0.15, 0.2) is 0 Å². The second-order valence-corrected chi connectivity index (χ2v) is 24.8. The first-order chi connectivity index (χ1) is 12.3. The van der Waals surface area contributed by atoms with Crippen molar-refractivity contribution in [3.63, 3.8) is 0 Å². The zero-order valence-corrected chi connectivity index (χ0v) is 22.5. The minimum atomic E-state index is -3.65. The molecule has 0 radical (unpaired) electrons. The average molecular weight is 432 g/mol. The van der Waals surface area contributed by atoms with Crippen LogP contribution >= 0.6 is 0 Å². The third kappa shape index (κ3) is 6.53. The Hall–Kier alpha value is -0.477. The molecule has 0 bridgehead atoms. The van der Waals surface area contributed by atoms with E-state index in [0.29, 0.717) is 6.61 Å². The molecule has 4 nitrogen and oxygen atoms in total. The van der Waals surface area contributed by atoms with Crippen LogP contribution in [0.1, 0.15) is 54.0 Å². The monoisotopic (exact) mass is 430 g/mol. The van der Waals surface area contributed by atoms with Crippen LogP contribution in [0, 0.1) is 0 Å². The molecular weight excluding hydrogens is 390 g/mol. The van der Waals surface area contributed by atoms with Gasteiger partial charge in [-0.1, -0.05) is 0 Å². The molecule has 0 atom stereocenters. The van der Waals surface area contributed by atoms with Crippen LogP contribution in [0.2, 0.25) is 8.02 Å². The van der Waals surface area contributed by atoms with Gasteiger partial charge in [0, 0.05) is 0 Å². The van der Waals surface area contributed by atoms with E-state index in [2.05, 4.69) is 104 Å². The minimum absolute atomic E-state index is 0.0295. The van der Waals surface area contributed by atoms with E-state index in [0.717, 1.165) is 25.4 Å². The molecule has 0 N–H and O–H groups in total. The van der Waals surface area contributed by atoms with Gasteiger partial charge in [-0.3, -0.25) is 0 Å². The van der Waals surface area contributed by atoms with E-state index < -0.39 is 15.5 Å². The van der Waals surface area contributed by atoms with Gasteiger partial charge < -0.3 is 0 Å².